The van der Waals surface area contributed by atoms with Crippen molar-refractivity contribution in [3.8, 4) is 22.6 Å². The fourth-order valence-electron chi connectivity index (χ4n) is 9.45. The van der Waals surface area contributed by atoms with Gasteiger partial charge in [-0.3, -0.25) is 29.2 Å². The molecule has 1 saturated heterocycles. The molecule has 1 fully saturated rings. The van der Waals surface area contributed by atoms with Crippen LogP contribution in [0, 0.1) is 19.7 Å². The second kappa shape index (κ2) is 20.3. The van der Waals surface area contributed by atoms with E-state index in [0.717, 1.165) is 49.8 Å². The van der Waals surface area contributed by atoms with E-state index >= 15 is 0 Å². The number of esters is 1. The highest BCUT2D eigenvalue weighted by molar-refractivity contribution is 6.35. The Labute approximate surface area is 411 Å². The average molecular weight is 977 g/mol. The largest absolute Gasteiger partial charge is 0.493 e. The highest BCUT2D eigenvalue weighted by Crippen LogP contribution is 2.43. The number of hydrogen-bond acceptors (Lipinski definition) is 10. The predicted molar refractivity (Wildman–Crippen MR) is 265 cm³/mol. The molecule has 0 radical (unpaired) electrons. The first-order valence-corrected chi connectivity index (χ1v) is 23.9. The van der Waals surface area contributed by atoms with Gasteiger partial charge >= 0.3 is 5.97 Å². The van der Waals surface area contributed by atoms with Gasteiger partial charge < -0.3 is 33.5 Å². The Morgan fingerprint density at radius 2 is 1.67 bits per heavy atom. The number of carbonyl (C=O) groups excluding carboxylic acids is 5. The second-order valence-corrected chi connectivity index (χ2v) is 19.5. The number of halogens is 2. The Balaban J connectivity index is 1.01. The predicted octanol–water partition coefficient (Wildman–Crippen LogP) is 7.80. The summed E-state index contributed by atoms with van der Waals surface area (Å²) in [7, 11) is 5.54. The third-order valence-electron chi connectivity index (χ3n) is 13.1. The zero-order valence-corrected chi connectivity index (χ0v) is 41.7. The van der Waals surface area contributed by atoms with Gasteiger partial charge in [0.05, 0.1) is 29.4 Å². The molecule has 0 bridgehead atoms. The number of benzene rings is 4. The van der Waals surface area contributed by atoms with Gasteiger partial charge in [-0.25, -0.2) is 9.18 Å². The molecule has 1 N–H and O–H groups in total. The lowest BCUT2D eigenvalue weighted by Crippen LogP contribution is -2.52. The van der Waals surface area contributed by atoms with Crippen LogP contribution in [-0.4, -0.2) is 117 Å². The van der Waals surface area contributed by atoms with Crippen LogP contribution in [0.15, 0.2) is 66.7 Å². The number of piperidine rings is 1. The Hall–Kier alpha value is -6.78. The number of imide groups is 1. The Bertz CT molecular complexity index is 3050. The molecule has 4 amide bonds. The van der Waals surface area contributed by atoms with Crippen molar-refractivity contribution >= 4 is 62.9 Å². The number of aryl methyl sites for hydroxylation is 3. The van der Waals surface area contributed by atoms with Gasteiger partial charge in [-0.05, 0) is 114 Å². The van der Waals surface area contributed by atoms with Crippen molar-refractivity contribution < 1.29 is 42.6 Å². The first kappa shape index (κ1) is 49.6. The fraction of sp³-hybridized carbons (Fsp3) is 0.396. The van der Waals surface area contributed by atoms with E-state index < -0.39 is 23.5 Å². The molecule has 2 aliphatic heterocycles. The number of aromatic nitrogens is 3. The fourth-order valence-corrected chi connectivity index (χ4v) is 9.70. The monoisotopic (exact) mass is 975 g/mol. The molecule has 8 rings (SSSR count). The third kappa shape index (κ3) is 10.2. The standard InChI is InChI=1S/C53H59ClFN7O8/c1-31-46(32(2)60(8)57-31)47-40(54)20-19-37-36(14-11-27-68-42-15-9-12-33-28-34(55)17-18-35(33)42)49(52(67)70-53(3,4)5)61(48(37)47)26-24-58(6)23-25-59(7)45(64)30-69-43-16-10-13-38-39(43)29-62(51(38)66)41-21-22-44(63)56-50(41)65/h9-10,12-13,15-20,28,41H,11,14,21-27,29-30H2,1-8H3,(H,56,63,65). The number of hydrogen-bond donors (Lipinski definition) is 1. The number of carbonyl (C=O) groups is 5. The number of nitrogens with one attached hydrogen (secondary N) is 1. The van der Waals surface area contributed by atoms with Crippen molar-refractivity contribution in [3.63, 3.8) is 0 Å². The quantitative estimate of drug-likeness (QED) is 0.0544. The number of likely N-dealkylation sites (N-methyl/N-ethyl adjacent to an activating group) is 2. The van der Waals surface area contributed by atoms with Crippen LogP contribution >= 0.6 is 11.6 Å². The highest BCUT2D eigenvalue weighted by Gasteiger charge is 2.40. The number of fused-ring (bicyclic) bond motifs is 3. The van der Waals surface area contributed by atoms with E-state index in [1.165, 1.54) is 17.0 Å². The van der Waals surface area contributed by atoms with Gasteiger partial charge in [0.15, 0.2) is 6.61 Å². The van der Waals surface area contributed by atoms with E-state index in [9.17, 15) is 28.4 Å². The molecule has 70 heavy (non-hydrogen) atoms. The zero-order chi connectivity index (χ0) is 50.2. The minimum absolute atomic E-state index is 0.124. The van der Waals surface area contributed by atoms with Crippen molar-refractivity contribution in [1.29, 1.82) is 0 Å². The summed E-state index contributed by atoms with van der Waals surface area (Å²) in [6, 6.07) is 18.3. The Morgan fingerprint density at radius 1 is 0.929 bits per heavy atom. The lowest BCUT2D eigenvalue weighted by Gasteiger charge is -2.29. The summed E-state index contributed by atoms with van der Waals surface area (Å²) in [6.07, 6.45) is 1.40. The van der Waals surface area contributed by atoms with E-state index in [1.54, 1.807) is 36.2 Å². The second-order valence-electron chi connectivity index (χ2n) is 19.1. The highest BCUT2D eigenvalue weighted by atomic mass is 35.5. The summed E-state index contributed by atoms with van der Waals surface area (Å²) < 4.78 is 36.4. The first-order chi connectivity index (χ1) is 33.3. The van der Waals surface area contributed by atoms with Gasteiger partial charge in [0, 0.05) is 85.4 Å². The molecule has 1 unspecified atom stereocenters. The van der Waals surface area contributed by atoms with Crippen molar-refractivity contribution in [2.75, 3.05) is 46.9 Å². The van der Waals surface area contributed by atoms with Crippen LogP contribution in [0.1, 0.15) is 83.4 Å². The van der Waals surface area contributed by atoms with Crippen LogP contribution in [0.3, 0.4) is 0 Å². The lowest BCUT2D eigenvalue weighted by molar-refractivity contribution is -0.137. The number of rotatable bonds is 17. The number of amides is 4. The van der Waals surface area contributed by atoms with E-state index in [2.05, 4.69) is 10.2 Å². The molecule has 2 aromatic heterocycles. The van der Waals surface area contributed by atoms with Crippen LogP contribution in [0.4, 0.5) is 4.39 Å². The van der Waals surface area contributed by atoms with Crippen LogP contribution in [0.5, 0.6) is 11.5 Å². The van der Waals surface area contributed by atoms with Gasteiger partial charge in [-0.1, -0.05) is 35.9 Å². The Morgan fingerprint density at radius 3 is 2.40 bits per heavy atom. The van der Waals surface area contributed by atoms with E-state index in [0.29, 0.717) is 79.0 Å². The summed E-state index contributed by atoms with van der Waals surface area (Å²) in [6.45, 7) is 11.3. The molecule has 1 atom stereocenters. The van der Waals surface area contributed by atoms with Crippen molar-refractivity contribution in [2.24, 2.45) is 7.05 Å². The number of nitrogens with zero attached hydrogens (tertiary/aromatic N) is 6. The molecular weight excluding hydrogens is 917 g/mol. The minimum atomic E-state index is -0.796. The lowest BCUT2D eigenvalue weighted by atomic mass is 9.98. The molecular formula is C53H59ClFN7O8. The van der Waals surface area contributed by atoms with Gasteiger partial charge in [-0.2, -0.15) is 5.10 Å². The maximum Gasteiger partial charge on any atom is 0.355 e. The van der Waals surface area contributed by atoms with E-state index in [4.69, 9.17) is 30.9 Å². The minimum Gasteiger partial charge on any atom is -0.493 e. The summed E-state index contributed by atoms with van der Waals surface area (Å²) in [5, 5.41) is 9.96. The molecule has 15 nitrogen and oxygen atoms in total. The van der Waals surface area contributed by atoms with Crippen molar-refractivity contribution in [3.05, 3.63) is 111 Å². The van der Waals surface area contributed by atoms with E-state index in [-0.39, 0.29) is 49.5 Å². The summed E-state index contributed by atoms with van der Waals surface area (Å²) >= 11 is 7.18. The van der Waals surface area contributed by atoms with E-state index in [1.807, 2.05) is 88.3 Å². The molecule has 0 aliphatic carbocycles. The molecule has 368 valence electrons. The van der Waals surface area contributed by atoms with Crippen LogP contribution < -0.4 is 14.8 Å². The van der Waals surface area contributed by atoms with Crippen LogP contribution in [0.25, 0.3) is 32.8 Å². The zero-order valence-electron chi connectivity index (χ0n) is 40.9. The molecule has 0 saturated carbocycles. The average Bonchev–Trinajstić information content (AvgIpc) is 3.90. The van der Waals surface area contributed by atoms with Crippen LogP contribution in [-0.2, 0) is 45.7 Å². The first-order valence-electron chi connectivity index (χ1n) is 23.5. The Kier molecular flexibility index (Phi) is 14.4. The maximum atomic E-state index is 14.6. The van der Waals surface area contributed by atoms with Gasteiger partial charge in [0.2, 0.25) is 11.8 Å². The maximum absolute atomic E-state index is 14.6. The molecule has 0 spiro atoms. The molecule has 6 aromatic rings. The van der Waals surface area contributed by atoms with Gasteiger partial charge in [-0.15, -0.1) is 0 Å². The normalized spacial score (nSPS) is 15.0. The smallest absolute Gasteiger partial charge is 0.355 e. The SMILES string of the molecule is Cc1nn(C)c(C)c1-c1c(Cl)ccc2c(CCCOc3cccc4cc(F)ccc34)c(C(=O)OC(C)(C)C)n(CCN(C)CCN(C)C(=O)COc3cccc4c3CN(C3CCC(=O)NC3=O)C4=O)c12. The topological polar surface area (TPSA) is 158 Å². The third-order valence-corrected chi connectivity index (χ3v) is 13.4. The summed E-state index contributed by atoms with van der Waals surface area (Å²) in [4.78, 5) is 70.9. The van der Waals surface area contributed by atoms with Gasteiger partial charge in [0.25, 0.3) is 11.8 Å². The molecule has 4 heterocycles. The summed E-state index contributed by atoms with van der Waals surface area (Å²) in [5.74, 6) is -1.23. The van der Waals surface area contributed by atoms with Crippen molar-refractivity contribution in [1.82, 2.24) is 34.4 Å². The number of ether oxygens (including phenoxy) is 3. The molecule has 17 heteroatoms. The molecule has 2 aliphatic rings. The summed E-state index contributed by atoms with van der Waals surface area (Å²) in [5.41, 5.74) is 5.54. The molecule has 4 aromatic carbocycles. The van der Waals surface area contributed by atoms with Crippen molar-refractivity contribution in [2.45, 2.75) is 85.0 Å². The van der Waals surface area contributed by atoms with Gasteiger partial charge in [0.1, 0.15) is 34.7 Å². The van der Waals surface area contributed by atoms with Crippen LogP contribution in [0.2, 0.25) is 5.02 Å².